The number of rotatable bonds is 5. The lowest BCUT2D eigenvalue weighted by molar-refractivity contribution is 0.841. The second kappa shape index (κ2) is 7.23. The lowest BCUT2D eigenvalue weighted by Crippen LogP contribution is -2.08. The molecule has 9 heteroatoms. The van der Waals surface area contributed by atoms with Gasteiger partial charge in [-0.25, -0.2) is 9.97 Å². The maximum Gasteiger partial charge on any atom is 0.248 e. The van der Waals surface area contributed by atoms with Gasteiger partial charge in [0.1, 0.15) is 11.6 Å². The number of hydrogen-bond donors (Lipinski definition) is 4. The zero-order valence-corrected chi connectivity index (χ0v) is 15.2. The first-order valence-electron chi connectivity index (χ1n) is 8.60. The van der Waals surface area contributed by atoms with Crippen molar-refractivity contribution in [2.24, 2.45) is 0 Å². The van der Waals surface area contributed by atoms with Crippen molar-refractivity contribution in [2.45, 2.75) is 6.92 Å². The number of nitrogens with one attached hydrogen (secondary N) is 2. The molecule has 2 heterocycles. The van der Waals surface area contributed by atoms with E-state index in [9.17, 15) is 0 Å². The van der Waals surface area contributed by atoms with E-state index in [-0.39, 0.29) is 5.95 Å². The number of aryl methyl sites for hydroxylation is 1. The Labute approximate surface area is 161 Å². The van der Waals surface area contributed by atoms with Crippen LogP contribution in [0.4, 0.5) is 34.8 Å². The molecule has 4 aromatic rings. The zero-order valence-electron chi connectivity index (χ0n) is 15.2. The van der Waals surface area contributed by atoms with Gasteiger partial charge in [0.15, 0.2) is 5.82 Å². The molecule has 4 rings (SSSR count). The molecule has 28 heavy (non-hydrogen) atoms. The van der Waals surface area contributed by atoms with E-state index in [0.29, 0.717) is 29.1 Å². The summed E-state index contributed by atoms with van der Waals surface area (Å²) < 4.78 is 1.46. The van der Waals surface area contributed by atoms with E-state index in [0.717, 1.165) is 11.4 Å². The largest absolute Gasteiger partial charge is 0.399 e. The lowest BCUT2D eigenvalue weighted by atomic mass is 10.3. The first-order chi connectivity index (χ1) is 13.6. The van der Waals surface area contributed by atoms with Gasteiger partial charge in [0.25, 0.3) is 0 Å². The van der Waals surface area contributed by atoms with E-state index >= 15 is 0 Å². The summed E-state index contributed by atoms with van der Waals surface area (Å²) in [5, 5.41) is 10.7. The molecule has 140 valence electrons. The van der Waals surface area contributed by atoms with Crippen LogP contribution in [0, 0.1) is 6.92 Å². The van der Waals surface area contributed by atoms with E-state index in [1.165, 1.54) is 4.68 Å². The third kappa shape index (κ3) is 3.83. The fourth-order valence-corrected chi connectivity index (χ4v) is 2.69. The standard InChI is InChI=1S/C19H19N9/c1-12-22-16(24-14-7-3-2-4-8-14)11-17(23-12)28-18(21)26-19(27-28)25-15-9-5-6-13(20)10-15/h2-11H,20H2,1H3,(H,22,23,24)(H3,21,25,26,27). The molecule has 0 fully saturated rings. The molecule has 0 unspecified atom stereocenters. The van der Waals surface area contributed by atoms with Gasteiger partial charge in [-0.1, -0.05) is 24.3 Å². The monoisotopic (exact) mass is 373 g/mol. The highest BCUT2D eigenvalue weighted by atomic mass is 15.4. The Balaban J connectivity index is 1.63. The average Bonchev–Trinajstić information content (AvgIpc) is 3.02. The molecule has 0 amide bonds. The van der Waals surface area contributed by atoms with Crippen molar-refractivity contribution in [3.05, 3.63) is 66.5 Å². The van der Waals surface area contributed by atoms with Crippen LogP contribution in [0.5, 0.6) is 0 Å². The molecule has 0 aliphatic carbocycles. The average molecular weight is 373 g/mol. The van der Waals surface area contributed by atoms with Crippen LogP contribution in [-0.4, -0.2) is 24.7 Å². The van der Waals surface area contributed by atoms with Crippen molar-refractivity contribution >= 4 is 34.8 Å². The molecule has 0 saturated carbocycles. The van der Waals surface area contributed by atoms with Crippen molar-refractivity contribution in [3.8, 4) is 5.82 Å². The summed E-state index contributed by atoms with van der Waals surface area (Å²) in [6.45, 7) is 1.80. The zero-order chi connectivity index (χ0) is 19.5. The Kier molecular flexibility index (Phi) is 4.47. The highest BCUT2D eigenvalue weighted by molar-refractivity contribution is 5.61. The van der Waals surface area contributed by atoms with Crippen LogP contribution in [-0.2, 0) is 0 Å². The maximum atomic E-state index is 6.05. The minimum Gasteiger partial charge on any atom is -0.399 e. The van der Waals surface area contributed by atoms with E-state index < -0.39 is 0 Å². The quantitative estimate of drug-likeness (QED) is 0.392. The van der Waals surface area contributed by atoms with E-state index in [1.54, 1.807) is 25.1 Å². The molecular weight excluding hydrogens is 354 g/mol. The van der Waals surface area contributed by atoms with Gasteiger partial charge in [-0.2, -0.15) is 9.67 Å². The number of nitrogen functional groups attached to an aromatic ring is 2. The van der Waals surface area contributed by atoms with Gasteiger partial charge in [-0.3, -0.25) is 0 Å². The van der Waals surface area contributed by atoms with Gasteiger partial charge in [0, 0.05) is 23.1 Å². The Morgan fingerprint density at radius 3 is 2.39 bits per heavy atom. The van der Waals surface area contributed by atoms with Gasteiger partial charge in [0.05, 0.1) is 0 Å². The van der Waals surface area contributed by atoms with Gasteiger partial charge in [0.2, 0.25) is 11.9 Å². The van der Waals surface area contributed by atoms with Gasteiger partial charge >= 0.3 is 0 Å². The number of hydrogen-bond acceptors (Lipinski definition) is 8. The SMILES string of the molecule is Cc1nc(Nc2ccccc2)cc(-n2nc(Nc3cccc(N)c3)nc2N)n1. The maximum absolute atomic E-state index is 6.05. The van der Waals surface area contributed by atoms with Crippen LogP contribution in [0.1, 0.15) is 5.82 Å². The first kappa shape index (κ1) is 17.3. The molecule has 0 bridgehead atoms. The van der Waals surface area contributed by atoms with Crippen LogP contribution >= 0.6 is 0 Å². The predicted molar refractivity (Wildman–Crippen MR) is 110 cm³/mol. The van der Waals surface area contributed by atoms with E-state index in [2.05, 4.69) is 30.7 Å². The Morgan fingerprint density at radius 2 is 1.61 bits per heavy atom. The smallest absolute Gasteiger partial charge is 0.248 e. The molecule has 0 saturated heterocycles. The number of nitrogens with zero attached hydrogens (tertiary/aromatic N) is 5. The normalized spacial score (nSPS) is 10.6. The third-order valence-electron chi connectivity index (χ3n) is 3.86. The van der Waals surface area contributed by atoms with Crippen LogP contribution in [0.2, 0.25) is 0 Å². The topological polar surface area (TPSA) is 133 Å². The van der Waals surface area contributed by atoms with Crippen LogP contribution in [0.15, 0.2) is 60.7 Å². The van der Waals surface area contributed by atoms with Gasteiger partial charge in [-0.05, 0) is 37.3 Å². The summed E-state index contributed by atoms with van der Waals surface area (Å²) in [6.07, 6.45) is 0. The summed E-state index contributed by atoms with van der Waals surface area (Å²) in [4.78, 5) is 13.1. The minimum absolute atomic E-state index is 0.204. The fraction of sp³-hybridized carbons (Fsp3) is 0.0526. The minimum atomic E-state index is 0.204. The number of nitrogens with two attached hydrogens (primary N) is 2. The summed E-state index contributed by atoms with van der Waals surface area (Å²) in [6, 6.07) is 18.8. The fourth-order valence-electron chi connectivity index (χ4n) is 2.69. The van der Waals surface area contributed by atoms with Crippen molar-refractivity contribution in [1.82, 2.24) is 24.7 Å². The summed E-state index contributed by atoms with van der Waals surface area (Å²) >= 11 is 0. The molecule has 0 atom stereocenters. The number of anilines is 6. The third-order valence-corrected chi connectivity index (χ3v) is 3.86. The highest BCUT2D eigenvalue weighted by Gasteiger charge is 2.12. The van der Waals surface area contributed by atoms with Crippen molar-refractivity contribution in [2.75, 3.05) is 22.1 Å². The van der Waals surface area contributed by atoms with Crippen molar-refractivity contribution in [3.63, 3.8) is 0 Å². The molecule has 2 aromatic heterocycles. The second-order valence-electron chi connectivity index (χ2n) is 6.11. The molecule has 0 spiro atoms. The van der Waals surface area contributed by atoms with E-state index in [4.69, 9.17) is 11.5 Å². The summed E-state index contributed by atoms with van der Waals surface area (Å²) in [7, 11) is 0. The molecular formula is C19H19N9. The Morgan fingerprint density at radius 1 is 0.821 bits per heavy atom. The highest BCUT2D eigenvalue weighted by Crippen LogP contribution is 2.21. The van der Waals surface area contributed by atoms with E-state index in [1.807, 2.05) is 42.5 Å². The Hall–Kier alpha value is -4.14. The molecule has 0 aliphatic heterocycles. The molecule has 0 aliphatic rings. The second-order valence-corrected chi connectivity index (χ2v) is 6.11. The predicted octanol–water partition coefficient (Wildman–Crippen LogP) is 3.02. The van der Waals surface area contributed by atoms with Crippen LogP contribution in [0.3, 0.4) is 0 Å². The van der Waals surface area contributed by atoms with Crippen LogP contribution < -0.4 is 22.1 Å². The number of benzene rings is 2. The summed E-state index contributed by atoms with van der Waals surface area (Å²) in [5.41, 5.74) is 14.2. The molecule has 2 aromatic carbocycles. The van der Waals surface area contributed by atoms with Crippen LogP contribution in [0.25, 0.3) is 5.82 Å². The molecule has 9 nitrogen and oxygen atoms in total. The van der Waals surface area contributed by atoms with Gasteiger partial charge in [-0.15, -0.1) is 5.10 Å². The molecule has 0 radical (unpaired) electrons. The number of aromatic nitrogens is 5. The Bertz CT molecular complexity index is 1110. The summed E-state index contributed by atoms with van der Waals surface area (Å²) in [5.74, 6) is 2.27. The first-order valence-corrected chi connectivity index (χ1v) is 8.60. The lowest BCUT2D eigenvalue weighted by Gasteiger charge is -2.09. The van der Waals surface area contributed by atoms with Crippen molar-refractivity contribution < 1.29 is 0 Å². The van der Waals surface area contributed by atoms with Crippen molar-refractivity contribution in [1.29, 1.82) is 0 Å². The number of para-hydroxylation sites is 1. The molecule has 6 N–H and O–H groups in total. The van der Waals surface area contributed by atoms with Gasteiger partial charge < -0.3 is 22.1 Å².